The van der Waals surface area contributed by atoms with Gasteiger partial charge in [0.05, 0.1) is 11.4 Å². The van der Waals surface area contributed by atoms with E-state index in [0.29, 0.717) is 17.0 Å². The highest BCUT2D eigenvalue weighted by atomic mass is 35.5. The van der Waals surface area contributed by atoms with Crippen molar-refractivity contribution in [2.45, 2.75) is 11.4 Å². The van der Waals surface area contributed by atoms with Gasteiger partial charge >= 0.3 is 0 Å². The van der Waals surface area contributed by atoms with Crippen molar-refractivity contribution in [3.05, 3.63) is 58.4 Å². The average Bonchev–Trinajstić information content (AvgIpc) is 2.56. The van der Waals surface area contributed by atoms with E-state index in [0.717, 1.165) is 4.90 Å². The molecular formula is C17H14ClFN2O2S. The largest absolute Gasteiger partial charge is 0.337 e. The Hall–Kier alpha value is -2.05. The molecule has 0 fully saturated rings. The molecule has 2 aromatic rings. The molecule has 124 valence electrons. The van der Waals surface area contributed by atoms with Crippen LogP contribution < -0.4 is 5.32 Å². The molecule has 0 atom stereocenters. The van der Waals surface area contributed by atoms with Crippen molar-refractivity contribution in [1.82, 2.24) is 4.90 Å². The van der Waals surface area contributed by atoms with Gasteiger partial charge in [-0.3, -0.25) is 9.59 Å². The van der Waals surface area contributed by atoms with Crippen molar-refractivity contribution in [3.8, 4) is 0 Å². The molecule has 0 aromatic heterocycles. The van der Waals surface area contributed by atoms with Crippen molar-refractivity contribution in [1.29, 1.82) is 0 Å². The number of fused-ring (bicyclic) bond motifs is 1. The summed E-state index contributed by atoms with van der Waals surface area (Å²) < 4.78 is 13.9. The molecule has 4 nitrogen and oxygen atoms in total. The van der Waals surface area contributed by atoms with Crippen LogP contribution in [0, 0.1) is 5.82 Å². The zero-order chi connectivity index (χ0) is 17.3. The number of benzene rings is 2. The van der Waals surface area contributed by atoms with Gasteiger partial charge in [-0.1, -0.05) is 17.7 Å². The molecule has 1 aliphatic rings. The second-order valence-electron chi connectivity index (χ2n) is 5.41. The number of halogens is 2. The second-order valence-corrected chi connectivity index (χ2v) is 6.83. The van der Waals surface area contributed by atoms with Crippen molar-refractivity contribution >= 4 is 40.9 Å². The third-order valence-electron chi connectivity index (χ3n) is 3.66. The van der Waals surface area contributed by atoms with Crippen LogP contribution in [0.3, 0.4) is 0 Å². The van der Waals surface area contributed by atoms with Crippen LogP contribution in [-0.4, -0.2) is 29.5 Å². The van der Waals surface area contributed by atoms with Gasteiger partial charge in [0.15, 0.2) is 0 Å². The molecular weight excluding hydrogens is 351 g/mol. The maximum Gasteiger partial charge on any atom is 0.253 e. The highest BCUT2D eigenvalue weighted by Gasteiger charge is 2.20. The van der Waals surface area contributed by atoms with E-state index >= 15 is 0 Å². The van der Waals surface area contributed by atoms with Gasteiger partial charge in [0.2, 0.25) is 5.91 Å². The Morgan fingerprint density at radius 2 is 2.17 bits per heavy atom. The molecule has 1 heterocycles. The van der Waals surface area contributed by atoms with Crippen LogP contribution in [0.4, 0.5) is 10.1 Å². The van der Waals surface area contributed by atoms with Crippen LogP contribution in [-0.2, 0) is 11.3 Å². The van der Waals surface area contributed by atoms with E-state index in [-0.39, 0.29) is 28.9 Å². The molecule has 1 N–H and O–H groups in total. The average molecular weight is 365 g/mol. The quantitative estimate of drug-likeness (QED) is 0.901. The van der Waals surface area contributed by atoms with Crippen LogP contribution >= 0.6 is 23.4 Å². The third-order valence-corrected chi connectivity index (χ3v) is 5.09. The zero-order valence-electron chi connectivity index (χ0n) is 12.8. The molecule has 1 aliphatic heterocycles. The standard InChI is InChI=1S/C17H14ClFN2O2S/c1-21(8-11-12(18)3-2-4-13(11)19)17(23)10-5-6-15-14(7-10)20-16(22)9-24-15/h2-7H,8-9H2,1H3,(H,20,22). The Morgan fingerprint density at radius 3 is 2.92 bits per heavy atom. The second kappa shape index (κ2) is 6.83. The summed E-state index contributed by atoms with van der Waals surface area (Å²) in [6, 6.07) is 9.56. The van der Waals surface area contributed by atoms with Gasteiger partial charge in [0.1, 0.15) is 5.82 Å². The maximum atomic E-state index is 13.9. The zero-order valence-corrected chi connectivity index (χ0v) is 14.4. The number of rotatable bonds is 3. The molecule has 2 aromatic carbocycles. The first-order chi connectivity index (χ1) is 11.5. The minimum absolute atomic E-state index is 0.0581. The van der Waals surface area contributed by atoms with Gasteiger partial charge in [-0.2, -0.15) is 0 Å². The van der Waals surface area contributed by atoms with Crippen LogP contribution in [0.1, 0.15) is 15.9 Å². The molecule has 0 radical (unpaired) electrons. The summed E-state index contributed by atoms with van der Waals surface area (Å²) in [6.07, 6.45) is 0. The summed E-state index contributed by atoms with van der Waals surface area (Å²) in [7, 11) is 1.58. The molecule has 0 bridgehead atoms. The first-order valence-corrected chi connectivity index (χ1v) is 8.57. The lowest BCUT2D eigenvalue weighted by molar-refractivity contribution is -0.113. The van der Waals surface area contributed by atoms with Crippen LogP contribution in [0.15, 0.2) is 41.3 Å². The molecule has 3 rings (SSSR count). The molecule has 2 amide bonds. The molecule has 0 spiro atoms. The highest BCUT2D eigenvalue weighted by Crippen LogP contribution is 2.32. The Bertz CT molecular complexity index is 808. The smallest absolute Gasteiger partial charge is 0.253 e. The van der Waals surface area contributed by atoms with E-state index < -0.39 is 5.82 Å². The molecule has 7 heteroatoms. The molecule has 0 unspecified atom stereocenters. The number of hydrogen-bond acceptors (Lipinski definition) is 3. The van der Waals surface area contributed by atoms with E-state index in [4.69, 9.17) is 11.6 Å². The summed E-state index contributed by atoms with van der Waals surface area (Å²) in [5, 5.41) is 3.03. The first kappa shape index (κ1) is 16.8. The van der Waals surface area contributed by atoms with E-state index in [1.54, 1.807) is 31.3 Å². The fraction of sp³-hybridized carbons (Fsp3) is 0.176. The molecule has 0 saturated heterocycles. The summed E-state index contributed by atoms with van der Waals surface area (Å²) in [5.74, 6) is -0.451. The topological polar surface area (TPSA) is 49.4 Å². The van der Waals surface area contributed by atoms with Crippen LogP contribution in [0.5, 0.6) is 0 Å². The lowest BCUT2D eigenvalue weighted by Crippen LogP contribution is -2.27. The normalized spacial score (nSPS) is 13.2. The Kier molecular flexibility index (Phi) is 4.78. The number of nitrogens with one attached hydrogen (secondary N) is 1. The number of amides is 2. The van der Waals surface area contributed by atoms with Crippen molar-refractivity contribution < 1.29 is 14.0 Å². The summed E-state index contributed by atoms with van der Waals surface area (Å²) in [5.41, 5.74) is 1.32. The number of carbonyl (C=O) groups is 2. The Morgan fingerprint density at radius 1 is 1.38 bits per heavy atom. The molecule has 0 aliphatic carbocycles. The number of carbonyl (C=O) groups excluding carboxylic acids is 2. The summed E-state index contributed by atoms with van der Waals surface area (Å²) in [4.78, 5) is 26.4. The highest BCUT2D eigenvalue weighted by molar-refractivity contribution is 8.00. The first-order valence-electron chi connectivity index (χ1n) is 7.21. The monoisotopic (exact) mass is 364 g/mol. The minimum Gasteiger partial charge on any atom is -0.337 e. The Balaban J connectivity index is 1.81. The van der Waals surface area contributed by atoms with Gasteiger partial charge in [-0.05, 0) is 30.3 Å². The number of hydrogen-bond donors (Lipinski definition) is 1. The fourth-order valence-corrected chi connectivity index (χ4v) is 3.44. The van der Waals surface area contributed by atoms with E-state index in [2.05, 4.69) is 5.32 Å². The van der Waals surface area contributed by atoms with Gasteiger partial charge in [-0.15, -0.1) is 11.8 Å². The van der Waals surface area contributed by atoms with E-state index in [1.807, 2.05) is 0 Å². The minimum atomic E-state index is -0.448. The third kappa shape index (κ3) is 3.39. The van der Waals surface area contributed by atoms with Crippen LogP contribution in [0.2, 0.25) is 5.02 Å². The van der Waals surface area contributed by atoms with E-state index in [9.17, 15) is 14.0 Å². The molecule has 24 heavy (non-hydrogen) atoms. The van der Waals surface area contributed by atoms with Crippen molar-refractivity contribution in [3.63, 3.8) is 0 Å². The summed E-state index contributed by atoms with van der Waals surface area (Å²) >= 11 is 7.44. The SMILES string of the molecule is CN(Cc1c(F)cccc1Cl)C(=O)c1ccc2c(c1)NC(=O)CS2. The lowest BCUT2D eigenvalue weighted by Gasteiger charge is -2.21. The van der Waals surface area contributed by atoms with Crippen molar-refractivity contribution in [2.24, 2.45) is 0 Å². The lowest BCUT2D eigenvalue weighted by atomic mass is 10.1. The number of nitrogens with zero attached hydrogens (tertiary/aromatic N) is 1. The van der Waals surface area contributed by atoms with E-state index in [1.165, 1.54) is 28.8 Å². The van der Waals surface area contributed by atoms with Gasteiger partial charge < -0.3 is 10.2 Å². The summed E-state index contributed by atoms with van der Waals surface area (Å²) in [6.45, 7) is 0.0581. The van der Waals surface area contributed by atoms with Crippen molar-refractivity contribution in [2.75, 3.05) is 18.1 Å². The predicted octanol–water partition coefficient (Wildman–Crippen LogP) is 3.80. The number of anilines is 1. The van der Waals surface area contributed by atoms with Gasteiger partial charge in [0.25, 0.3) is 5.91 Å². The molecule has 0 saturated carbocycles. The van der Waals surface area contributed by atoms with Gasteiger partial charge in [-0.25, -0.2) is 4.39 Å². The van der Waals surface area contributed by atoms with Crippen LogP contribution in [0.25, 0.3) is 0 Å². The number of thioether (sulfide) groups is 1. The fourth-order valence-electron chi connectivity index (χ4n) is 2.43. The maximum absolute atomic E-state index is 13.9. The Labute approximate surface area is 148 Å². The predicted molar refractivity (Wildman–Crippen MR) is 93.0 cm³/mol. The van der Waals surface area contributed by atoms with Gasteiger partial charge in [0, 0.05) is 34.6 Å².